The normalized spacial score (nSPS) is 14.6. The Morgan fingerprint density at radius 3 is 2.22 bits per heavy atom. The van der Waals surface area contributed by atoms with Crippen molar-refractivity contribution in [3.05, 3.63) is 35.4 Å². The fraction of sp³-hybridized carbons (Fsp3) is 0.632. The summed E-state index contributed by atoms with van der Waals surface area (Å²) >= 11 is 0. The highest BCUT2D eigenvalue weighted by atomic mass is 31.2. The fourth-order valence-electron chi connectivity index (χ4n) is 3.13. The molecule has 0 spiro atoms. The SMILES string of the molecule is Cc1ccc(CCCCCCCCC(=O)N2CC(OP(=O)(O)O)C2)cc1.N. The van der Waals surface area contributed by atoms with Gasteiger partial charge in [0.2, 0.25) is 5.91 Å². The summed E-state index contributed by atoms with van der Waals surface area (Å²) < 4.78 is 15.2. The molecule has 0 aromatic heterocycles. The average Bonchev–Trinajstić information content (AvgIpc) is 2.53. The highest BCUT2D eigenvalue weighted by molar-refractivity contribution is 7.46. The molecule has 1 fully saturated rings. The highest BCUT2D eigenvalue weighted by Crippen LogP contribution is 2.39. The lowest BCUT2D eigenvalue weighted by atomic mass is 10.0. The molecule has 1 heterocycles. The van der Waals surface area contributed by atoms with Crippen LogP contribution in [-0.2, 0) is 20.3 Å². The number of nitrogens with zero attached hydrogens (tertiary/aromatic N) is 1. The van der Waals surface area contributed by atoms with E-state index >= 15 is 0 Å². The molecule has 7 nitrogen and oxygen atoms in total. The number of aryl methyl sites for hydroxylation is 2. The molecule has 0 bridgehead atoms. The van der Waals surface area contributed by atoms with Crippen LogP contribution < -0.4 is 6.15 Å². The van der Waals surface area contributed by atoms with Gasteiger partial charge in [0, 0.05) is 19.5 Å². The van der Waals surface area contributed by atoms with Crippen molar-refractivity contribution < 1.29 is 23.7 Å². The minimum atomic E-state index is -4.44. The maximum absolute atomic E-state index is 11.9. The number of amides is 1. The third-order valence-corrected chi connectivity index (χ3v) is 5.29. The molecule has 1 amide bonds. The van der Waals surface area contributed by atoms with E-state index in [1.54, 1.807) is 4.90 Å². The largest absolute Gasteiger partial charge is 0.469 e. The number of carbonyl (C=O) groups excluding carboxylic acids is 1. The van der Waals surface area contributed by atoms with Gasteiger partial charge < -0.3 is 20.8 Å². The summed E-state index contributed by atoms with van der Waals surface area (Å²) in [5.74, 6) is 0.0509. The summed E-state index contributed by atoms with van der Waals surface area (Å²) in [4.78, 5) is 30.9. The lowest BCUT2D eigenvalue weighted by Crippen LogP contribution is -2.54. The van der Waals surface area contributed by atoms with E-state index in [-0.39, 0.29) is 25.1 Å². The number of carbonyl (C=O) groups is 1. The summed E-state index contributed by atoms with van der Waals surface area (Å²) in [6.07, 6.45) is 7.79. The fourth-order valence-corrected chi connectivity index (χ4v) is 3.65. The van der Waals surface area contributed by atoms with Crippen LogP contribution in [0.3, 0.4) is 0 Å². The summed E-state index contributed by atoms with van der Waals surface area (Å²) in [7, 11) is -4.44. The summed E-state index contributed by atoms with van der Waals surface area (Å²) in [5.41, 5.74) is 2.70. The number of hydrogen-bond donors (Lipinski definition) is 3. The number of unbranched alkanes of at least 4 members (excludes halogenated alkanes) is 5. The molecule has 2 rings (SSSR count). The molecule has 1 aliphatic rings. The predicted molar refractivity (Wildman–Crippen MR) is 106 cm³/mol. The second-order valence-corrected chi connectivity index (χ2v) is 8.32. The maximum atomic E-state index is 11.9. The van der Waals surface area contributed by atoms with Gasteiger partial charge in [-0.05, 0) is 31.7 Å². The maximum Gasteiger partial charge on any atom is 0.469 e. The molecule has 27 heavy (non-hydrogen) atoms. The van der Waals surface area contributed by atoms with Gasteiger partial charge in [0.05, 0.1) is 0 Å². The summed E-state index contributed by atoms with van der Waals surface area (Å²) in [6, 6.07) is 8.72. The molecule has 0 atom stereocenters. The van der Waals surface area contributed by atoms with Crippen molar-refractivity contribution in [3.63, 3.8) is 0 Å². The van der Waals surface area contributed by atoms with Gasteiger partial charge in [-0.25, -0.2) is 4.57 Å². The van der Waals surface area contributed by atoms with E-state index in [1.165, 1.54) is 30.4 Å². The first-order valence-corrected chi connectivity index (χ1v) is 10.9. The number of hydrogen-bond acceptors (Lipinski definition) is 4. The zero-order chi connectivity index (χ0) is 19.0. The smallest absolute Gasteiger partial charge is 0.344 e. The van der Waals surface area contributed by atoms with Crippen LogP contribution in [0.5, 0.6) is 0 Å². The summed E-state index contributed by atoms with van der Waals surface area (Å²) in [6.45, 7) is 2.66. The third kappa shape index (κ3) is 9.49. The Labute approximate surface area is 161 Å². The Kier molecular flexibility index (Phi) is 10.2. The van der Waals surface area contributed by atoms with Crippen molar-refractivity contribution >= 4 is 13.7 Å². The van der Waals surface area contributed by atoms with Crippen molar-refractivity contribution in [1.29, 1.82) is 0 Å². The number of likely N-dealkylation sites (tertiary alicyclic amines) is 1. The molecule has 5 N–H and O–H groups in total. The standard InChI is InChI=1S/C19H30NO5P.H3N/c1-16-10-12-17(13-11-16)8-6-4-2-3-5-7-9-19(21)20-14-18(15-20)25-26(22,23)24;/h10-13,18H,2-9,14-15H2,1H3,(H2,22,23,24);1H3. The molecule has 0 unspecified atom stereocenters. The van der Waals surface area contributed by atoms with Gasteiger partial charge in [0.15, 0.2) is 0 Å². The van der Waals surface area contributed by atoms with Crippen LogP contribution in [0.15, 0.2) is 24.3 Å². The lowest BCUT2D eigenvalue weighted by Gasteiger charge is -2.38. The second-order valence-electron chi connectivity index (χ2n) is 7.12. The van der Waals surface area contributed by atoms with Crippen LogP contribution >= 0.6 is 7.82 Å². The van der Waals surface area contributed by atoms with Crippen LogP contribution in [0.4, 0.5) is 0 Å². The topological polar surface area (TPSA) is 122 Å². The van der Waals surface area contributed by atoms with Crippen molar-refractivity contribution in [2.75, 3.05) is 13.1 Å². The van der Waals surface area contributed by atoms with Crippen LogP contribution in [0.25, 0.3) is 0 Å². The van der Waals surface area contributed by atoms with E-state index < -0.39 is 13.9 Å². The number of benzene rings is 1. The molecule has 0 saturated carbocycles. The molecule has 0 aliphatic carbocycles. The van der Waals surface area contributed by atoms with Crippen LogP contribution in [0.1, 0.15) is 56.1 Å². The molecule has 1 aromatic rings. The van der Waals surface area contributed by atoms with Crippen LogP contribution in [0, 0.1) is 6.92 Å². The first-order valence-electron chi connectivity index (χ1n) is 9.41. The van der Waals surface area contributed by atoms with Gasteiger partial charge >= 0.3 is 7.82 Å². The van der Waals surface area contributed by atoms with Gasteiger partial charge in [-0.1, -0.05) is 55.5 Å². The van der Waals surface area contributed by atoms with Gasteiger partial charge in [0.1, 0.15) is 6.10 Å². The molecular weight excluding hydrogens is 367 g/mol. The van der Waals surface area contributed by atoms with Crippen molar-refractivity contribution in [3.8, 4) is 0 Å². The van der Waals surface area contributed by atoms with E-state index in [1.807, 2.05) is 0 Å². The quantitative estimate of drug-likeness (QED) is 0.384. The van der Waals surface area contributed by atoms with E-state index in [0.29, 0.717) is 6.42 Å². The molecule has 1 aromatic carbocycles. The Morgan fingerprint density at radius 2 is 1.63 bits per heavy atom. The molecule has 154 valence electrons. The van der Waals surface area contributed by atoms with Crippen molar-refractivity contribution in [1.82, 2.24) is 11.1 Å². The molecule has 1 aliphatic heterocycles. The van der Waals surface area contributed by atoms with Crippen molar-refractivity contribution in [2.45, 2.75) is 64.4 Å². The minimum absolute atomic E-state index is 0. The Hall–Kier alpha value is -1.24. The minimum Gasteiger partial charge on any atom is -0.344 e. The first-order chi connectivity index (χ1) is 12.3. The van der Waals surface area contributed by atoms with Crippen LogP contribution in [0.2, 0.25) is 0 Å². The Morgan fingerprint density at radius 1 is 1.07 bits per heavy atom. The van der Waals surface area contributed by atoms with Gasteiger partial charge in [-0.2, -0.15) is 0 Å². The van der Waals surface area contributed by atoms with E-state index in [2.05, 4.69) is 35.7 Å². The predicted octanol–water partition coefficient (Wildman–Crippen LogP) is 3.75. The lowest BCUT2D eigenvalue weighted by molar-refractivity contribution is -0.140. The number of phosphoric ester groups is 1. The number of rotatable bonds is 11. The second kappa shape index (κ2) is 11.6. The van der Waals surface area contributed by atoms with Gasteiger partial charge in [0.25, 0.3) is 0 Å². The first kappa shape index (κ1) is 23.8. The highest BCUT2D eigenvalue weighted by Gasteiger charge is 2.35. The molecule has 0 radical (unpaired) electrons. The van der Waals surface area contributed by atoms with E-state index in [9.17, 15) is 9.36 Å². The zero-order valence-electron chi connectivity index (χ0n) is 16.2. The number of phosphoric acid groups is 1. The molecular formula is C19H33N2O5P. The zero-order valence-corrected chi connectivity index (χ0v) is 17.1. The molecule has 8 heteroatoms. The summed E-state index contributed by atoms with van der Waals surface area (Å²) in [5, 5.41) is 0. The Balaban J connectivity index is 0.00000364. The average molecular weight is 400 g/mol. The van der Waals surface area contributed by atoms with Gasteiger partial charge in [-0.3, -0.25) is 9.32 Å². The van der Waals surface area contributed by atoms with Crippen LogP contribution in [-0.4, -0.2) is 39.8 Å². The van der Waals surface area contributed by atoms with Gasteiger partial charge in [-0.15, -0.1) is 0 Å². The van der Waals surface area contributed by atoms with E-state index in [4.69, 9.17) is 9.79 Å². The van der Waals surface area contributed by atoms with E-state index in [0.717, 1.165) is 25.7 Å². The monoisotopic (exact) mass is 400 g/mol. The molecule has 1 saturated heterocycles. The van der Waals surface area contributed by atoms with Crippen molar-refractivity contribution in [2.24, 2.45) is 0 Å². The third-order valence-electron chi connectivity index (χ3n) is 4.71. The Bertz CT molecular complexity index is 611.